The van der Waals surface area contributed by atoms with Crippen LogP contribution in [-0.2, 0) is 18.7 Å². The smallest absolute Gasteiger partial charge is 0.304 e. The van der Waals surface area contributed by atoms with Crippen molar-refractivity contribution in [3.63, 3.8) is 0 Å². The molecule has 16 heavy (non-hydrogen) atoms. The van der Waals surface area contributed by atoms with Crippen LogP contribution in [0.4, 0.5) is 0 Å². The molecule has 2 unspecified atom stereocenters. The molecule has 0 spiro atoms. The quantitative estimate of drug-likeness (QED) is 0.693. The molecule has 0 N–H and O–H groups in total. The van der Waals surface area contributed by atoms with Crippen LogP contribution in [0, 0.1) is 0 Å². The summed E-state index contributed by atoms with van der Waals surface area (Å²) in [6, 6.07) is 0. The molecule has 0 aromatic carbocycles. The van der Waals surface area contributed by atoms with E-state index in [4.69, 9.17) is 9.36 Å². The van der Waals surface area contributed by atoms with Gasteiger partial charge in [0, 0.05) is 5.25 Å². The largest absolute Gasteiger partial charge is 0.379 e. The lowest BCUT2D eigenvalue weighted by atomic mass is 10.4. The first-order valence-corrected chi connectivity index (χ1v) is 8.49. The molecule has 1 fully saturated rings. The molecule has 1 saturated heterocycles. The van der Waals surface area contributed by atoms with E-state index >= 15 is 0 Å². The first-order chi connectivity index (χ1) is 7.53. The Bertz CT molecular complexity index is 299. The molecule has 1 aliphatic rings. The summed E-state index contributed by atoms with van der Waals surface area (Å²) in [6.45, 7) is 3.08. The van der Waals surface area contributed by atoms with Gasteiger partial charge in [0.25, 0.3) is 5.91 Å². The van der Waals surface area contributed by atoms with Crippen molar-refractivity contribution in [1.29, 1.82) is 0 Å². The number of carbonyl (C=O) groups is 1. The molecular weight excluding hydrogens is 249 g/mol. The van der Waals surface area contributed by atoms with Gasteiger partial charge in [0.05, 0.1) is 19.6 Å². The van der Waals surface area contributed by atoms with E-state index in [2.05, 4.69) is 0 Å². The Balaban J connectivity index is 2.78. The van der Waals surface area contributed by atoms with Crippen LogP contribution in [0.3, 0.4) is 0 Å². The van der Waals surface area contributed by atoms with Crippen LogP contribution in [0.2, 0.25) is 0 Å². The van der Waals surface area contributed by atoms with E-state index in [1.54, 1.807) is 6.92 Å². The van der Waals surface area contributed by atoms with E-state index < -0.39 is 6.72 Å². The maximum atomic E-state index is 12.5. The van der Waals surface area contributed by atoms with Crippen molar-refractivity contribution in [3.8, 4) is 0 Å². The molecule has 1 amide bonds. The van der Waals surface area contributed by atoms with Crippen molar-refractivity contribution in [1.82, 2.24) is 4.83 Å². The highest BCUT2D eigenvalue weighted by atomic mass is 32.7. The average molecular weight is 267 g/mol. The van der Waals surface area contributed by atoms with Crippen LogP contribution < -0.4 is 0 Å². The minimum Gasteiger partial charge on any atom is -0.304 e. The topological polar surface area (TPSA) is 55.8 Å². The van der Waals surface area contributed by atoms with Gasteiger partial charge in [0.2, 0.25) is 0 Å². The van der Waals surface area contributed by atoms with Crippen molar-refractivity contribution in [2.75, 3.05) is 13.2 Å². The summed E-state index contributed by atoms with van der Waals surface area (Å²) in [6.07, 6.45) is 1.14. The zero-order valence-corrected chi connectivity index (χ0v) is 11.6. The second-order valence-electron chi connectivity index (χ2n) is 3.46. The van der Waals surface area contributed by atoms with Gasteiger partial charge in [-0.2, -0.15) is 0 Å². The molecule has 0 aromatic heterocycles. The van der Waals surface area contributed by atoms with Crippen molar-refractivity contribution in [2.45, 2.75) is 38.9 Å². The molecule has 5 nitrogen and oxygen atoms in total. The predicted octanol–water partition coefficient (Wildman–Crippen LogP) is 2.83. The third-order valence-corrected chi connectivity index (χ3v) is 7.11. The Labute approximate surface area is 100 Å². The third-order valence-electron chi connectivity index (χ3n) is 2.15. The van der Waals surface area contributed by atoms with Crippen LogP contribution in [0.5, 0.6) is 0 Å². The molecule has 0 aliphatic carbocycles. The van der Waals surface area contributed by atoms with Gasteiger partial charge < -0.3 is 4.52 Å². The van der Waals surface area contributed by atoms with E-state index in [1.165, 1.54) is 11.4 Å². The highest BCUT2D eigenvalue weighted by Gasteiger charge is 2.41. The van der Waals surface area contributed by atoms with Crippen LogP contribution >= 0.6 is 18.1 Å². The molecule has 0 aromatic rings. The van der Waals surface area contributed by atoms with Crippen molar-refractivity contribution in [3.05, 3.63) is 0 Å². The number of amides is 1. The molecule has 0 bridgehead atoms. The minimum absolute atomic E-state index is 0.161. The Kier molecular flexibility index (Phi) is 5.31. The molecular formula is C9H18NO4PS. The van der Waals surface area contributed by atoms with Gasteiger partial charge in [0.1, 0.15) is 0 Å². The van der Waals surface area contributed by atoms with Crippen molar-refractivity contribution < 1.29 is 18.7 Å². The number of hydroxylamine groups is 1. The average Bonchev–Trinajstić information content (AvgIpc) is 2.65. The molecule has 7 heteroatoms. The monoisotopic (exact) mass is 267 g/mol. The molecule has 1 rings (SSSR count). The van der Waals surface area contributed by atoms with Gasteiger partial charge in [0.15, 0.2) is 0 Å². The lowest BCUT2D eigenvalue weighted by Gasteiger charge is -2.26. The van der Waals surface area contributed by atoms with Gasteiger partial charge in [-0.25, -0.2) is 0 Å². The molecule has 2 atom stereocenters. The summed E-state index contributed by atoms with van der Waals surface area (Å²) in [5, 5.41) is 0.161. The van der Waals surface area contributed by atoms with Crippen LogP contribution in [-0.4, -0.2) is 29.2 Å². The van der Waals surface area contributed by atoms with Crippen molar-refractivity contribution in [2.24, 2.45) is 0 Å². The maximum absolute atomic E-state index is 12.5. The van der Waals surface area contributed by atoms with Gasteiger partial charge in [-0.15, -0.1) is 4.83 Å². The van der Waals surface area contributed by atoms with Gasteiger partial charge in [-0.3, -0.25) is 14.2 Å². The number of carbonyl (C=O) groups excluding carboxylic acids is 1. The Hall–Kier alpha value is -0.0300. The molecule has 0 saturated carbocycles. The fourth-order valence-electron chi connectivity index (χ4n) is 1.19. The summed E-state index contributed by atoms with van der Waals surface area (Å²) in [5.74, 6) is -0.257. The zero-order valence-electron chi connectivity index (χ0n) is 9.84. The van der Waals surface area contributed by atoms with E-state index in [9.17, 15) is 9.36 Å². The number of nitrogens with zero attached hydrogens (tertiary/aromatic N) is 1. The number of hydrogen-bond donors (Lipinski definition) is 0. The predicted molar refractivity (Wildman–Crippen MR) is 64.0 cm³/mol. The summed E-state index contributed by atoms with van der Waals surface area (Å²) in [5.41, 5.74) is 0. The number of rotatable bonds is 6. The summed E-state index contributed by atoms with van der Waals surface area (Å²) in [7, 11) is 0. The second kappa shape index (κ2) is 6.05. The maximum Gasteiger partial charge on any atom is 0.379 e. The van der Waals surface area contributed by atoms with Crippen LogP contribution in [0.15, 0.2) is 0 Å². The second-order valence-corrected chi connectivity index (χ2v) is 8.05. The first kappa shape index (κ1) is 14.0. The van der Waals surface area contributed by atoms with Crippen LogP contribution in [0.25, 0.3) is 0 Å². The van der Waals surface area contributed by atoms with E-state index in [0.29, 0.717) is 6.61 Å². The standard InChI is InChI=1S/C9H18NO4PS/c1-4-8(3)16-15(12,14-5-2)10-9(11)6-7-13-10/h8H,4-7H2,1-3H3. The Morgan fingerprint density at radius 3 is 2.75 bits per heavy atom. The highest BCUT2D eigenvalue weighted by Crippen LogP contribution is 2.65. The summed E-state index contributed by atoms with van der Waals surface area (Å²) < 4.78 is 17.8. The molecule has 94 valence electrons. The highest BCUT2D eigenvalue weighted by molar-refractivity contribution is 8.56. The van der Waals surface area contributed by atoms with E-state index in [0.717, 1.165) is 11.3 Å². The zero-order chi connectivity index (χ0) is 12.2. The Morgan fingerprint density at radius 1 is 1.62 bits per heavy atom. The van der Waals surface area contributed by atoms with Gasteiger partial charge >= 0.3 is 6.72 Å². The number of hydrogen-bond acceptors (Lipinski definition) is 5. The molecule has 0 radical (unpaired) electrons. The van der Waals surface area contributed by atoms with Gasteiger partial charge in [-0.05, 0) is 24.7 Å². The van der Waals surface area contributed by atoms with E-state index in [-0.39, 0.29) is 24.2 Å². The Morgan fingerprint density at radius 2 is 2.31 bits per heavy atom. The van der Waals surface area contributed by atoms with Gasteiger partial charge in [-0.1, -0.05) is 13.8 Å². The minimum atomic E-state index is -3.22. The fourth-order valence-corrected chi connectivity index (χ4v) is 5.94. The molecule has 1 aliphatic heterocycles. The van der Waals surface area contributed by atoms with Crippen LogP contribution in [0.1, 0.15) is 33.6 Å². The third kappa shape index (κ3) is 3.23. The van der Waals surface area contributed by atoms with E-state index in [1.807, 2.05) is 13.8 Å². The SMILES string of the molecule is CCOP(=O)(SC(C)CC)N1OCCC1=O. The molecule has 1 heterocycles. The summed E-state index contributed by atoms with van der Waals surface area (Å²) >= 11 is 1.19. The van der Waals surface area contributed by atoms with Crippen molar-refractivity contribution >= 4 is 24.0 Å². The fraction of sp³-hybridized carbons (Fsp3) is 0.889. The normalized spacial score (nSPS) is 22.2. The lowest BCUT2D eigenvalue weighted by molar-refractivity contribution is -0.141. The summed E-state index contributed by atoms with van der Waals surface area (Å²) in [4.78, 5) is 17.6. The first-order valence-electron chi connectivity index (χ1n) is 5.42. The lowest BCUT2D eigenvalue weighted by Crippen LogP contribution is -2.21.